The molecule has 1 aliphatic rings. The van der Waals surface area contributed by atoms with Crippen molar-refractivity contribution < 1.29 is 9.90 Å². The van der Waals surface area contributed by atoms with Crippen LogP contribution in [0.2, 0.25) is 0 Å². The van der Waals surface area contributed by atoms with E-state index in [1.807, 2.05) is 37.2 Å². The number of rotatable bonds is 4. The van der Waals surface area contributed by atoms with Gasteiger partial charge in [-0.15, -0.1) is 0 Å². The minimum absolute atomic E-state index is 0.0140. The predicted octanol–water partition coefficient (Wildman–Crippen LogP) is 4.45. The van der Waals surface area contributed by atoms with Crippen molar-refractivity contribution >= 4 is 16.7 Å². The molecule has 4 rings (SSSR count). The topological polar surface area (TPSA) is 53.4 Å². The van der Waals surface area contributed by atoms with E-state index in [0.29, 0.717) is 32.4 Å². The summed E-state index contributed by atoms with van der Waals surface area (Å²) in [6.45, 7) is 5.13. The van der Waals surface area contributed by atoms with Gasteiger partial charge < -0.3 is 10.0 Å². The average Bonchev–Trinajstić information content (AvgIpc) is 2.74. The number of carbonyl (C=O) groups excluding carboxylic acids is 1. The zero-order chi connectivity index (χ0) is 20.4. The Kier molecular flexibility index (Phi) is 5.37. The molecule has 0 atom stereocenters. The Morgan fingerprint density at radius 1 is 1.03 bits per heavy atom. The lowest BCUT2D eigenvalue weighted by atomic mass is 9.84. The van der Waals surface area contributed by atoms with Gasteiger partial charge in [0, 0.05) is 43.2 Å². The highest BCUT2D eigenvalue weighted by molar-refractivity contribution is 5.86. The van der Waals surface area contributed by atoms with Crippen LogP contribution in [0.5, 0.6) is 0 Å². The maximum Gasteiger partial charge on any atom is 0.225 e. The summed E-state index contributed by atoms with van der Waals surface area (Å²) in [6, 6.07) is 16.9. The van der Waals surface area contributed by atoms with Crippen molar-refractivity contribution in [2.24, 2.45) is 5.92 Å². The molecular weight excluding hydrogens is 360 g/mol. The number of pyridine rings is 1. The standard InChI is InChI=1S/C25H28N2O2/c1-18(2)24(28)27-13-10-25(29,11-14-27)16-19-3-5-20(6-4-19)21-7-8-23-17-26-12-9-22(23)15-21/h3-9,12,15,17-18,29H,10-11,13-14,16H2,1-2H3. The van der Waals surface area contributed by atoms with Crippen molar-refractivity contribution in [1.29, 1.82) is 0 Å². The molecule has 0 unspecified atom stereocenters. The van der Waals surface area contributed by atoms with Gasteiger partial charge in [-0.2, -0.15) is 0 Å². The number of fused-ring (bicyclic) bond motifs is 1. The van der Waals surface area contributed by atoms with Crippen LogP contribution in [0, 0.1) is 5.92 Å². The van der Waals surface area contributed by atoms with Crippen LogP contribution < -0.4 is 0 Å². The molecule has 0 spiro atoms. The van der Waals surface area contributed by atoms with Gasteiger partial charge in [0.05, 0.1) is 5.60 Å². The fourth-order valence-corrected chi connectivity index (χ4v) is 4.14. The van der Waals surface area contributed by atoms with Crippen LogP contribution in [0.15, 0.2) is 60.9 Å². The Morgan fingerprint density at radius 3 is 2.41 bits per heavy atom. The summed E-state index contributed by atoms with van der Waals surface area (Å²) < 4.78 is 0. The molecule has 1 N–H and O–H groups in total. The van der Waals surface area contributed by atoms with E-state index in [9.17, 15) is 9.90 Å². The molecular formula is C25H28N2O2. The molecule has 1 aromatic heterocycles. The highest BCUT2D eigenvalue weighted by atomic mass is 16.3. The van der Waals surface area contributed by atoms with Gasteiger partial charge in [0.15, 0.2) is 0 Å². The molecule has 0 radical (unpaired) electrons. The fraction of sp³-hybridized carbons (Fsp3) is 0.360. The predicted molar refractivity (Wildman–Crippen MR) is 116 cm³/mol. The van der Waals surface area contributed by atoms with Crippen molar-refractivity contribution in [3.63, 3.8) is 0 Å². The molecule has 3 aromatic rings. The summed E-state index contributed by atoms with van der Waals surface area (Å²) in [5, 5.41) is 13.3. The van der Waals surface area contributed by atoms with Crippen LogP contribution in [0.25, 0.3) is 21.9 Å². The Hall–Kier alpha value is -2.72. The largest absolute Gasteiger partial charge is 0.389 e. The zero-order valence-corrected chi connectivity index (χ0v) is 17.1. The Morgan fingerprint density at radius 2 is 1.72 bits per heavy atom. The third kappa shape index (κ3) is 4.33. The SMILES string of the molecule is CC(C)C(=O)N1CCC(O)(Cc2ccc(-c3ccc4cnccc4c3)cc2)CC1. The van der Waals surface area contributed by atoms with E-state index in [0.717, 1.165) is 16.5 Å². The number of aromatic nitrogens is 1. The number of hydrogen-bond donors (Lipinski definition) is 1. The zero-order valence-electron chi connectivity index (χ0n) is 17.1. The molecule has 0 bridgehead atoms. The fourth-order valence-electron chi connectivity index (χ4n) is 4.14. The van der Waals surface area contributed by atoms with E-state index in [2.05, 4.69) is 47.4 Å². The molecule has 0 aliphatic carbocycles. The monoisotopic (exact) mass is 388 g/mol. The number of likely N-dealkylation sites (tertiary alicyclic amines) is 1. The van der Waals surface area contributed by atoms with E-state index < -0.39 is 5.60 Å². The first-order chi connectivity index (χ1) is 13.9. The second kappa shape index (κ2) is 7.96. The van der Waals surface area contributed by atoms with Crippen molar-refractivity contribution in [3.8, 4) is 11.1 Å². The molecule has 1 saturated heterocycles. The molecule has 2 heterocycles. The number of hydrogen-bond acceptors (Lipinski definition) is 3. The first-order valence-corrected chi connectivity index (χ1v) is 10.4. The van der Waals surface area contributed by atoms with Crippen LogP contribution in [0.4, 0.5) is 0 Å². The number of amides is 1. The van der Waals surface area contributed by atoms with Gasteiger partial charge in [-0.1, -0.05) is 50.2 Å². The molecule has 1 fully saturated rings. The van der Waals surface area contributed by atoms with Gasteiger partial charge in [0.2, 0.25) is 5.91 Å². The van der Waals surface area contributed by atoms with E-state index in [4.69, 9.17) is 0 Å². The summed E-state index contributed by atoms with van der Waals surface area (Å²) >= 11 is 0. The van der Waals surface area contributed by atoms with Crippen molar-refractivity contribution in [3.05, 3.63) is 66.5 Å². The molecule has 29 heavy (non-hydrogen) atoms. The lowest BCUT2D eigenvalue weighted by molar-refractivity contribution is -0.138. The van der Waals surface area contributed by atoms with E-state index in [-0.39, 0.29) is 11.8 Å². The Balaban J connectivity index is 1.43. The van der Waals surface area contributed by atoms with Crippen molar-refractivity contribution in [1.82, 2.24) is 9.88 Å². The second-order valence-electron chi connectivity index (χ2n) is 8.52. The van der Waals surface area contributed by atoms with Gasteiger partial charge in [0.1, 0.15) is 0 Å². The van der Waals surface area contributed by atoms with Crippen molar-refractivity contribution in [2.75, 3.05) is 13.1 Å². The molecule has 4 nitrogen and oxygen atoms in total. The number of benzene rings is 2. The third-order valence-electron chi connectivity index (χ3n) is 5.96. The first kappa shape index (κ1) is 19.6. The number of piperidine rings is 1. The number of carbonyl (C=O) groups is 1. The van der Waals surface area contributed by atoms with Gasteiger partial charge >= 0.3 is 0 Å². The van der Waals surface area contributed by atoms with E-state index >= 15 is 0 Å². The van der Waals surface area contributed by atoms with Crippen LogP contribution in [-0.2, 0) is 11.2 Å². The molecule has 2 aromatic carbocycles. The number of aliphatic hydroxyl groups is 1. The molecule has 1 aliphatic heterocycles. The number of nitrogens with zero attached hydrogens (tertiary/aromatic N) is 2. The van der Waals surface area contributed by atoms with Gasteiger partial charge in [-0.05, 0) is 47.1 Å². The van der Waals surface area contributed by atoms with Crippen LogP contribution >= 0.6 is 0 Å². The second-order valence-corrected chi connectivity index (χ2v) is 8.52. The summed E-state index contributed by atoms with van der Waals surface area (Å²) in [4.78, 5) is 18.2. The Labute approximate surface area is 172 Å². The maximum absolute atomic E-state index is 12.2. The highest BCUT2D eigenvalue weighted by Gasteiger charge is 2.34. The minimum atomic E-state index is -0.731. The Bertz CT molecular complexity index is 1000. The summed E-state index contributed by atoms with van der Waals surface area (Å²) in [5.74, 6) is 0.197. The minimum Gasteiger partial charge on any atom is -0.389 e. The average molecular weight is 389 g/mol. The van der Waals surface area contributed by atoms with E-state index in [1.54, 1.807) is 0 Å². The summed E-state index contributed by atoms with van der Waals surface area (Å²) in [6.07, 6.45) is 5.58. The van der Waals surface area contributed by atoms with Crippen LogP contribution in [-0.4, -0.2) is 39.6 Å². The van der Waals surface area contributed by atoms with Gasteiger partial charge in [0.25, 0.3) is 0 Å². The van der Waals surface area contributed by atoms with Crippen molar-refractivity contribution in [2.45, 2.75) is 38.7 Å². The molecule has 150 valence electrons. The summed E-state index contributed by atoms with van der Waals surface area (Å²) in [7, 11) is 0. The molecule has 4 heteroatoms. The van der Waals surface area contributed by atoms with Gasteiger partial charge in [-0.25, -0.2) is 0 Å². The quantitative estimate of drug-likeness (QED) is 0.718. The first-order valence-electron chi connectivity index (χ1n) is 10.4. The molecule has 1 amide bonds. The lowest BCUT2D eigenvalue weighted by Gasteiger charge is -2.39. The third-order valence-corrected chi connectivity index (χ3v) is 5.96. The van der Waals surface area contributed by atoms with Crippen LogP contribution in [0.3, 0.4) is 0 Å². The van der Waals surface area contributed by atoms with E-state index in [1.165, 1.54) is 10.9 Å². The molecule has 0 saturated carbocycles. The normalized spacial score (nSPS) is 16.3. The maximum atomic E-state index is 12.2. The lowest BCUT2D eigenvalue weighted by Crippen LogP contribution is -2.48. The van der Waals surface area contributed by atoms with Gasteiger partial charge in [-0.3, -0.25) is 9.78 Å². The summed E-state index contributed by atoms with van der Waals surface area (Å²) in [5.41, 5.74) is 2.74. The highest BCUT2D eigenvalue weighted by Crippen LogP contribution is 2.29. The van der Waals surface area contributed by atoms with Crippen LogP contribution in [0.1, 0.15) is 32.3 Å². The smallest absolute Gasteiger partial charge is 0.225 e.